The van der Waals surface area contributed by atoms with Crippen LogP contribution in [-0.2, 0) is 29.5 Å². The van der Waals surface area contributed by atoms with Gasteiger partial charge in [0.15, 0.2) is 0 Å². The second kappa shape index (κ2) is 6.51. The number of halogens is 1. The summed E-state index contributed by atoms with van der Waals surface area (Å²) in [6, 6.07) is 10.4. The Balaban J connectivity index is 1.97. The summed E-state index contributed by atoms with van der Waals surface area (Å²) in [4.78, 5) is -0.134. The molecule has 0 radical (unpaired) electrons. The summed E-state index contributed by atoms with van der Waals surface area (Å²) in [5, 5.41) is 9.73. The van der Waals surface area contributed by atoms with Crippen molar-refractivity contribution in [1.82, 2.24) is 3.97 Å². The largest absolute Gasteiger partial charge is 0.497 e. The van der Waals surface area contributed by atoms with Gasteiger partial charge in [0.1, 0.15) is 11.6 Å². The van der Waals surface area contributed by atoms with Gasteiger partial charge in [0.2, 0.25) is 0 Å². The SMILES string of the molecule is COc1ccc2c(c1)CCc1c(CO)cn(S(=O)(=O)c3cccc(F)c3)c1-2. The molecular formula is C20H18FNO4S. The highest BCUT2D eigenvalue weighted by atomic mass is 32.2. The third-order valence-corrected chi connectivity index (χ3v) is 6.56. The first kappa shape index (κ1) is 17.8. The van der Waals surface area contributed by atoms with E-state index in [1.165, 1.54) is 24.4 Å². The average Bonchev–Trinajstić information content (AvgIpc) is 3.07. The van der Waals surface area contributed by atoms with Crippen molar-refractivity contribution in [1.29, 1.82) is 0 Å². The number of aryl methyl sites for hydroxylation is 1. The highest BCUT2D eigenvalue weighted by Crippen LogP contribution is 2.39. The number of hydrogen-bond acceptors (Lipinski definition) is 4. The van der Waals surface area contributed by atoms with Gasteiger partial charge >= 0.3 is 0 Å². The first-order valence-corrected chi connectivity index (χ1v) is 9.92. The Morgan fingerprint density at radius 2 is 2.00 bits per heavy atom. The lowest BCUT2D eigenvalue weighted by molar-refractivity contribution is 0.281. The minimum atomic E-state index is -4.02. The Kier molecular flexibility index (Phi) is 4.28. The van der Waals surface area contributed by atoms with E-state index < -0.39 is 15.8 Å². The molecule has 1 heterocycles. The van der Waals surface area contributed by atoms with E-state index in [1.54, 1.807) is 13.2 Å². The predicted octanol–water partition coefficient (Wildman–Crippen LogP) is 3.13. The molecule has 7 heteroatoms. The van der Waals surface area contributed by atoms with Gasteiger partial charge in [-0.05, 0) is 60.4 Å². The number of methoxy groups -OCH3 is 1. The van der Waals surface area contributed by atoms with Crippen LogP contribution in [0.5, 0.6) is 5.75 Å². The molecule has 5 nitrogen and oxygen atoms in total. The number of aliphatic hydroxyl groups is 1. The summed E-state index contributed by atoms with van der Waals surface area (Å²) < 4.78 is 46.5. The molecule has 0 saturated carbocycles. The molecular weight excluding hydrogens is 369 g/mol. The monoisotopic (exact) mass is 387 g/mol. The van der Waals surface area contributed by atoms with Crippen LogP contribution in [-0.4, -0.2) is 24.6 Å². The van der Waals surface area contributed by atoms with Crippen molar-refractivity contribution >= 4 is 10.0 Å². The number of benzene rings is 2. The fourth-order valence-corrected chi connectivity index (χ4v) is 5.04. The lowest BCUT2D eigenvalue weighted by Gasteiger charge is -2.21. The van der Waals surface area contributed by atoms with Crippen LogP contribution in [0, 0.1) is 5.82 Å². The summed E-state index contributed by atoms with van der Waals surface area (Å²) in [6.07, 6.45) is 2.76. The molecule has 3 aromatic rings. The number of nitrogens with zero attached hydrogens (tertiary/aromatic N) is 1. The molecule has 1 aliphatic rings. The van der Waals surface area contributed by atoms with Gasteiger partial charge in [-0.3, -0.25) is 0 Å². The van der Waals surface area contributed by atoms with E-state index in [1.807, 2.05) is 12.1 Å². The molecule has 0 atom stereocenters. The molecule has 27 heavy (non-hydrogen) atoms. The molecule has 1 aliphatic carbocycles. The van der Waals surface area contributed by atoms with E-state index >= 15 is 0 Å². The second-order valence-electron chi connectivity index (χ2n) is 6.42. The normalized spacial score (nSPS) is 13.1. The highest BCUT2D eigenvalue weighted by Gasteiger charge is 2.29. The van der Waals surface area contributed by atoms with E-state index in [0.717, 1.165) is 33.1 Å². The van der Waals surface area contributed by atoms with Gasteiger partial charge in [-0.2, -0.15) is 0 Å². The summed E-state index contributed by atoms with van der Waals surface area (Å²) in [5.74, 6) is 0.0790. The Morgan fingerprint density at radius 1 is 1.19 bits per heavy atom. The number of ether oxygens (including phenoxy) is 1. The number of aromatic nitrogens is 1. The Bertz CT molecular complexity index is 1130. The quantitative estimate of drug-likeness (QED) is 0.747. The van der Waals surface area contributed by atoms with Gasteiger partial charge in [-0.1, -0.05) is 6.07 Å². The molecule has 2 aromatic carbocycles. The van der Waals surface area contributed by atoms with Crippen LogP contribution < -0.4 is 4.74 Å². The van der Waals surface area contributed by atoms with Crippen LogP contribution >= 0.6 is 0 Å². The van der Waals surface area contributed by atoms with Gasteiger partial charge in [0.25, 0.3) is 10.0 Å². The molecule has 1 N–H and O–H groups in total. The minimum Gasteiger partial charge on any atom is -0.497 e. The molecule has 0 bridgehead atoms. The summed E-state index contributed by atoms with van der Waals surface area (Å²) in [6.45, 7) is -0.264. The molecule has 0 unspecified atom stereocenters. The van der Waals surface area contributed by atoms with Gasteiger partial charge in [0.05, 0.1) is 24.3 Å². The van der Waals surface area contributed by atoms with E-state index in [2.05, 4.69) is 0 Å². The highest BCUT2D eigenvalue weighted by molar-refractivity contribution is 7.90. The van der Waals surface area contributed by atoms with E-state index in [0.29, 0.717) is 23.4 Å². The molecule has 0 aliphatic heterocycles. The molecule has 0 fully saturated rings. The van der Waals surface area contributed by atoms with Crippen LogP contribution in [0.25, 0.3) is 11.3 Å². The first-order chi connectivity index (χ1) is 13.0. The fraction of sp³-hybridized carbons (Fsp3) is 0.200. The van der Waals surface area contributed by atoms with Crippen LogP contribution in [0.1, 0.15) is 16.7 Å². The smallest absolute Gasteiger partial charge is 0.268 e. The van der Waals surface area contributed by atoms with Crippen molar-refractivity contribution in [2.45, 2.75) is 24.3 Å². The van der Waals surface area contributed by atoms with Crippen LogP contribution in [0.2, 0.25) is 0 Å². The second-order valence-corrected chi connectivity index (χ2v) is 8.24. The maximum Gasteiger partial charge on any atom is 0.268 e. The van der Waals surface area contributed by atoms with Gasteiger partial charge in [-0.15, -0.1) is 0 Å². The van der Waals surface area contributed by atoms with Crippen LogP contribution in [0.3, 0.4) is 0 Å². The maximum atomic E-state index is 13.6. The average molecular weight is 387 g/mol. The number of hydrogen-bond donors (Lipinski definition) is 1. The van der Waals surface area contributed by atoms with Crippen molar-refractivity contribution in [3.05, 3.63) is 71.2 Å². The van der Waals surface area contributed by atoms with E-state index in [4.69, 9.17) is 4.74 Å². The lowest BCUT2D eigenvalue weighted by Crippen LogP contribution is -2.16. The molecule has 1 aromatic heterocycles. The van der Waals surface area contributed by atoms with Gasteiger partial charge < -0.3 is 9.84 Å². The first-order valence-electron chi connectivity index (χ1n) is 8.48. The van der Waals surface area contributed by atoms with E-state index in [9.17, 15) is 17.9 Å². The molecule has 0 spiro atoms. The Labute approximate surface area is 156 Å². The topological polar surface area (TPSA) is 68.5 Å². The Hall–Kier alpha value is -2.64. The number of fused-ring (bicyclic) bond motifs is 3. The lowest BCUT2D eigenvalue weighted by atomic mass is 9.88. The van der Waals surface area contributed by atoms with Crippen molar-refractivity contribution in [3.8, 4) is 17.0 Å². The Morgan fingerprint density at radius 3 is 2.70 bits per heavy atom. The third kappa shape index (κ3) is 2.83. The summed E-state index contributed by atoms with van der Waals surface area (Å²) in [5.41, 5.74) is 3.63. The molecule has 140 valence electrons. The molecule has 4 rings (SSSR count). The van der Waals surface area contributed by atoms with E-state index in [-0.39, 0.29) is 11.5 Å². The number of rotatable bonds is 4. The van der Waals surface area contributed by atoms with Crippen molar-refractivity contribution in [3.63, 3.8) is 0 Å². The molecule has 0 saturated heterocycles. The number of aliphatic hydroxyl groups excluding tert-OH is 1. The zero-order valence-corrected chi connectivity index (χ0v) is 15.5. The van der Waals surface area contributed by atoms with Gasteiger partial charge in [-0.25, -0.2) is 16.8 Å². The summed E-state index contributed by atoms with van der Waals surface area (Å²) >= 11 is 0. The predicted molar refractivity (Wildman–Crippen MR) is 98.7 cm³/mol. The van der Waals surface area contributed by atoms with Crippen molar-refractivity contribution < 1.29 is 22.7 Å². The maximum absolute atomic E-state index is 13.6. The van der Waals surface area contributed by atoms with Gasteiger partial charge in [0, 0.05) is 17.3 Å². The van der Waals surface area contributed by atoms with Crippen molar-refractivity contribution in [2.75, 3.05) is 7.11 Å². The fourth-order valence-electron chi connectivity index (χ4n) is 3.59. The minimum absolute atomic E-state index is 0.134. The van der Waals surface area contributed by atoms with Crippen LogP contribution in [0.4, 0.5) is 4.39 Å². The van der Waals surface area contributed by atoms with Crippen molar-refractivity contribution in [2.24, 2.45) is 0 Å². The zero-order valence-electron chi connectivity index (χ0n) is 14.6. The standard InChI is InChI=1S/C20H18FNO4S/c1-26-16-6-8-18-13(9-16)5-7-19-14(12-23)11-22(20(18)19)27(24,25)17-4-2-3-15(21)10-17/h2-4,6,8-11,23H,5,7,12H2,1H3. The third-order valence-electron chi connectivity index (χ3n) is 4.90. The zero-order chi connectivity index (χ0) is 19.2. The van der Waals surface area contributed by atoms with Crippen LogP contribution in [0.15, 0.2) is 53.6 Å². The summed E-state index contributed by atoms with van der Waals surface area (Å²) in [7, 11) is -2.44. The molecule has 0 amide bonds.